The number of anilines is 1. The van der Waals surface area contributed by atoms with Crippen LogP contribution >= 0.6 is 11.6 Å². The first kappa shape index (κ1) is 26.2. The van der Waals surface area contributed by atoms with Crippen LogP contribution in [0.1, 0.15) is 47.4 Å². The van der Waals surface area contributed by atoms with Crippen LogP contribution in [0, 0.1) is 11.8 Å². The molecule has 0 aromatic heterocycles. The first-order valence-corrected chi connectivity index (χ1v) is 12.0. The molecule has 9 heteroatoms. The van der Waals surface area contributed by atoms with Gasteiger partial charge in [-0.25, -0.2) is 0 Å². The number of amides is 3. The summed E-state index contributed by atoms with van der Waals surface area (Å²) in [5.41, 5.74) is 1.24. The highest BCUT2D eigenvalue weighted by molar-refractivity contribution is 6.30. The van der Waals surface area contributed by atoms with Crippen molar-refractivity contribution in [1.29, 1.82) is 0 Å². The van der Waals surface area contributed by atoms with Crippen molar-refractivity contribution in [3.8, 4) is 0 Å². The van der Waals surface area contributed by atoms with Crippen molar-refractivity contribution in [3.05, 3.63) is 64.7 Å². The Kier molecular flexibility index (Phi) is 9.25. The van der Waals surface area contributed by atoms with Gasteiger partial charge in [-0.15, -0.1) is 0 Å². The molecule has 0 saturated carbocycles. The van der Waals surface area contributed by atoms with E-state index in [1.54, 1.807) is 53.4 Å². The molecule has 2 N–H and O–H groups in total. The van der Waals surface area contributed by atoms with Gasteiger partial charge in [0.25, 0.3) is 17.7 Å². The van der Waals surface area contributed by atoms with E-state index in [4.69, 9.17) is 16.3 Å². The van der Waals surface area contributed by atoms with Crippen LogP contribution in [0.5, 0.6) is 0 Å². The first-order valence-electron chi connectivity index (χ1n) is 11.6. The second-order valence-electron chi connectivity index (χ2n) is 8.88. The average Bonchev–Trinajstić information content (AvgIpc) is 2.86. The second kappa shape index (κ2) is 12.4. The van der Waals surface area contributed by atoms with E-state index < -0.39 is 18.5 Å². The summed E-state index contributed by atoms with van der Waals surface area (Å²) < 4.78 is 5.22. The van der Waals surface area contributed by atoms with E-state index in [2.05, 4.69) is 10.6 Å². The zero-order valence-electron chi connectivity index (χ0n) is 19.9. The number of carbonyl (C=O) groups is 4. The van der Waals surface area contributed by atoms with Gasteiger partial charge in [0.2, 0.25) is 0 Å². The van der Waals surface area contributed by atoms with Gasteiger partial charge < -0.3 is 20.3 Å². The number of para-hydroxylation sites is 1. The number of halogens is 1. The molecule has 1 aliphatic rings. The van der Waals surface area contributed by atoms with E-state index in [0.29, 0.717) is 60.2 Å². The lowest BCUT2D eigenvalue weighted by Gasteiger charge is -2.31. The number of ether oxygens (including phenoxy) is 1. The maximum Gasteiger partial charge on any atom is 0.309 e. The summed E-state index contributed by atoms with van der Waals surface area (Å²) in [5.74, 6) is -1.48. The molecule has 0 spiro atoms. The predicted molar refractivity (Wildman–Crippen MR) is 133 cm³/mol. The molecular formula is C26H30ClN3O5. The van der Waals surface area contributed by atoms with E-state index >= 15 is 0 Å². The van der Waals surface area contributed by atoms with Crippen LogP contribution in [-0.2, 0) is 14.3 Å². The zero-order chi connectivity index (χ0) is 25.4. The molecular weight excluding hydrogens is 470 g/mol. The molecule has 35 heavy (non-hydrogen) atoms. The standard InChI is InChI=1S/C26H30ClN3O5/c1-17(2)15-28-24(32)21-5-3-4-6-22(21)29-23(31)16-35-26(34)19-11-13-30(14-12-19)25(33)18-7-9-20(27)10-8-18/h3-10,17,19H,11-16H2,1-2H3,(H,28,32)(H,29,31). The Morgan fingerprint density at radius 3 is 2.34 bits per heavy atom. The maximum atomic E-state index is 12.6. The minimum atomic E-state index is -0.530. The lowest BCUT2D eigenvalue weighted by Crippen LogP contribution is -2.41. The summed E-state index contributed by atoms with van der Waals surface area (Å²) in [6, 6.07) is 13.4. The molecule has 0 unspecified atom stereocenters. The van der Waals surface area contributed by atoms with Crippen LogP contribution < -0.4 is 10.6 Å². The number of hydrogen-bond donors (Lipinski definition) is 2. The van der Waals surface area contributed by atoms with Crippen LogP contribution in [0.25, 0.3) is 0 Å². The molecule has 1 aliphatic heterocycles. The largest absolute Gasteiger partial charge is 0.455 e. The van der Waals surface area contributed by atoms with Crippen LogP contribution in [0.2, 0.25) is 5.02 Å². The van der Waals surface area contributed by atoms with Crippen LogP contribution in [0.15, 0.2) is 48.5 Å². The summed E-state index contributed by atoms with van der Waals surface area (Å²) in [6.45, 7) is 4.89. The van der Waals surface area contributed by atoms with Gasteiger partial charge in [0, 0.05) is 30.2 Å². The number of nitrogens with zero attached hydrogens (tertiary/aromatic N) is 1. The molecule has 1 fully saturated rings. The first-order chi connectivity index (χ1) is 16.7. The minimum absolute atomic E-state index is 0.107. The molecule has 0 radical (unpaired) electrons. The minimum Gasteiger partial charge on any atom is -0.455 e. The summed E-state index contributed by atoms with van der Waals surface area (Å²) in [4.78, 5) is 51.6. The number of piperidine rings is 1. The predicted octanol–water partition coefficient (Wildman–Crippen LogP) is 3.76. The van der Waals surface area contributed by atoms with Gasteiger partial charge in [0.05, 0.1) is 17.2 Å². The van der Waals surface area contributed by atoms with Crippen LogP contribution in [0.3, 0.4) is 0 Å². The van der Waals surface area contributed by atoms with E-state index in [-0.39, 0.29) is 17.7 Å². The molecule has 8 nitrogen and oxygen atoms in total. The van der Waals surface area contributed by atoms with E-state index in [1.165, 1.54) is 0 Å². The molecule has 3 rings (SSSR count). The fourth-order valence-electron chi connectivity index (χ4n) is 3.72. The Morgan fingerprint density at radius 2 is 1.69 bits per heavy atom. The smallest absolute Gasteiger partial charge is 0.309 e. The Morgan fingerprint density at radius 1 is 1.03 bits per heavy atom. The summed E-state index contributed by atoms with van der Waals surface area (Å²) in [7, 11) is 0. The average molecular weight is 500 g/mol. The van der Waals surface area contributed by atoms with Crippen molar-refractivity contribution in [2.45, 2.75) is 26.7 Å². The summed E-state index contributed by atoms with van der Waals surface area (Å²) >= 11 is 5.88. The van der Waals surface area contributed by atoms with Gasteiger partial charge in [-0.05, 0) is 55.2 Å². The van der Waals surface area contributed by atoms with Gasteiger partial charge in [0.15, 0.2) is 6.61 Å². The highest BCUT2D eigenvalue weighted by atomic mass is 35.5. The molecule has 186 valence electrons. The molecule has 2 aromatic rings. The fourth-order valence-corrected chi connectivity index (χ4v) is 3.84. The van der Waals surface area contributed by atoms with Crippen molar-refractivity contribution < 1.29 is 23.9 Å². The lowest BCUT2D eigenvalue weighted by atomic mass is 9.96. The van der Waals surface area contributed by atoms with Gasteiger partial charge in [-0.3, -0.25) is 19.2 Å². The van der Waals surface area contributed by atoms with Gasteiger partial charge in [-0.1, -0.05) is 37.6 Å². The maximum absolute atomic E-state index is 12.6. The highest BCUT2D eigenvalue weighted by Crippen LogP contribution is 2.21. The van der Waals surface area contributed by atoms with Gasteiger partial charge in [-0.2, -0.15) is 0 Å². The zero-order valence-corrected chi connectivity index (χ0v) is 20.6. The number of esters is 1. The third-order valence-corrected chi connectivity index (χ3v) is 5.92. The van der Waals surface area contributed by atoms with Crippen molar-refractivity contribution in [1.82, 2.24) is 10.2 Å². The molecule has 1 heterocycles. The molecule has 1 saturated heterocycles. The van der Waals surface area contributed by atoms with Crippen molar-refractivity contribution in [3.63, 3.8) is 0 Å². The summed E-state index contributed by atoms with van der Waals surface area (Å²) in [5, 5.41) is 6.02. The SMILES string of the molecule is CC(C)CNC(=O)c1ccccc1NC(=O)COC(=O)C1CCN(C(=O)c2ccc(Cl)cc2)CC1. The van der Waals surface area contributed by atoms with E-state index in [1.807, 2.05) is 13.8 Å². The fraction of sp³-hybridized carbons (Fsp3) is 0.385. The van der Waals surface area contributed by atoms with Crippen molar-refractivity contribution in [2.75, 3.05) is 31.6 Å². The summed E-state index contributed by atoms with van der Waals surface area (Å²) in [6.07, 6.45) is 0.914. The Balaban J connectivity index is 1.46. The molecule has 0 aliphatic carbocycles. The van der Waals surface area contributed by atoms with Gasteiger partial charge >= 0.3 is 5.97 Å². The number of hydrogen-bond acceptors (Lipinski definition) is 5. The van der Waals surface area contributed by atoms with E-state index in [9.17, 15) is 19.2 Å². The highest BCUT2D eigenvalue weighted by Gasteiger charge is 2.29. The molecule has 2 aromatic carbocycles. The Bertz CT molecular complexity index is 1060. The lowest BCUT2D eigenvalue weighted by molar-refractivity contribution is -0.152. The topological polar surface area (TPSA) is 105 Å². The number of benzene rings is 2. The number of nitrogens with one attached hydrogen (secondary N) is 2. The van der Waals surface area contributed by atoms with Crippen LogP contribution in [0.4, 0.5) is 5.69 Å². The van der Waals surface area contributed by atoms with E-state index in [0.717, 1.165) is 0 Å². The quantitative estimate of drug-likeness (QED) is 0.538. The number of rotatable bonds is 8. The molecule has 0 bridgehead atoms. The molecule has 0 atom stereocenters. The van der Waals surface area contributed by atoms with Crippen molar-refractivity contribution in [2.24, 2.45) is 11.8 Å². The molecule has 3 amide bonds. The Hall–Kier alpha value is -3.39. The van der Waals surface area contributed by atoms with Crippen LogP contribution in [-0.4, -0.2) is 54.8 Å². The second-order valence-corrected chi connectivity index (χ2v) is 9.32. The number of likely N-dealkylation sites (tertiary alicyclic amines) is 1. The monoisotopic (exact) mass is 499 g/mol. The normalized spacial score (nSPS) is 13.9. The third kappa shape index (κ3) is 7.55. The van der Waals surface area contributed by atoms with Crippen molar-refractivity contribution >= 4 is 41.0 Å². The Labute approximate surface area is 210 Å². The number of carbonyl (C=O) groups excluding carboxylic acids is 4. The van der Waals surface area contributed by atoms with Gasteiger partial charge in [0.1, 0.15) is 0 Å². The third-order valence-electron chi connectivity index (χ3n) is 5.67.